The Labute approximate surface area is 120 Å². The standard InChI is InChI=1S/C9H17NO4.C4H10N2/c10-6-3-7-14-9(13)5-2-1-4-8(11)12;1-2-6-4-3-5-1/h1-7,10H2,(H,11,12);5-6H,1-4H2. The topological polar surface area (TPSA) is 114 Å². The molecule has 20 heavy (non-hydrogen) atoms. The summed E-state index contributed by atoms with van der Waals surface area (Å²) in [6, 6.07) is 0. The van der Waals surface area contributed by atoms with Gasteiger partial charge in [-0.15, -0.1) is 0 Å². The van der Waals surface area contributed by atoms with E-state index < -0.39 is 5.97 Å². The van der Waals surface area contributed by atoms with Crippen LogP contribution in [0.3, 0.4) is 0 Å². The molecule has 0 spiro atoms. The predicted octanol–water partition coefficient (Wildman–Crippen LogP) is -0.297. The number of carbonyl (C=O) groups is 2. The van der Waals surface area contributed by atoms with Crippen molar-refractivity contribution in [1.82, 2.24) is 10.6 Å². The van der Waals surface area contributed by atoms with Crippen LogP contribution < -0.4 is 16.4 Å². The van der Waals surface area contributed by atoms with Crippen LogP contribution >= 0.6 is 0 Å². The summed E-state index contributed by atoms with van der Waals surface area (Å²) in [5, 5.41) is 14.8. The number of hydrogen-bond acceptors (Lipinski definition) is 6. The van der Waals surface area contributed by atoms with Gasteiger partial charge in [-0.1, -0.05) is 0 Å². The Morgan fingerprint density at radius 3 is 2.00 bits per heavy atom. The number of piperazine rings is 1. The number of nitrogens with one attached hydrogen (secondary N) is 2. The van der Waals surface area contributed by atoms with E-state index in [-0.39, 0.29) is 18.8 Å². The molecule has 1 saturated heterocycles. The largest absolute Gasteiger partial charge is 0.481 e. The summed E-state index contributed by atoms with van der Waals surface area (Å²) >= 11 is 0. The lowest BCUT2D eigenvalue weighted by Gasteiger charge is -2.11. The van der Waals surface area contributed by atoms with Crippen molar-refractivity contribution in [3.8, 4) is 0 Å². The SMILES string of the molecule is C1CNCCN1.NCCCOC(=O)CCCCC(=O)O. The summed E-state index contributed by atoms with van der Waals surface area (Å²) in [4.78, 5) is 21.1. The molecule has 0 bridgehead atoms. The molecule has 1 fully saturated rings. The summed E-state index contributed by atoms with van der Waals surface area (Å²) in [6.45, 7) is 5.42. The molecular formula is C13H27N3O4. The van der Waals surface area contributed by atoms with Crippen molar-refractivity contribution in [1.29, 1.82) is 0 Å². The minimum absolute atomic E-state index is 0.107. The molecule has 0 aromatic rings. The van der Waals surface area contributed by atoms with Gasteiger partial charge in [0.25, 0.3) is 0 Å². The van der Waals surface area contributed by atoms with Crippen LogP contribution in [0, 0.1) is 0 Å². The van der Waals surface area contributed by atoms with Gasteiger partial charge >= 0.3 is 11.9 Å². The Balaban J connectivity index is 0.000000493. The zero-order valence-corrected chi connectivity index (χ0v) is 12.0. The second-order valence-electron chi connectivity index (χ2n) is 4.46. The van der Waals surface area contributed by atoms with Crippen LogP contribution in [0.4, 0.5) is 0 Å². The number of rotatable bonds is 8. The van der Waals surface area contributed by atoms with Crippen LogP contribution in [-0.4, -0.2) is 56.4 Å². The maximum Gasteiger partial charge on any atom is 0.305 e. The molecule has 0 aromatic carbocycles. The molecule has 1 heterocycles. The number of carboxylic acid groups (broad SMARTS) is 1. The average molecular weight is 289 g/mol. The number of aliphatic carboxylic acids is 1. The first kappa shape index (κ1) is 18.8. The summed E-state index contributed by atoms with van der Waals surface area (Å²) in [7, 11) is 0. The molecule has 0 unspecified atom stereocenters. The Morgan fingerprint density at radius 2 is 1.55 bits per heavy atom. The molecule has 0 aliphatic carbocycles. The Hall–Kier alpha value is -1.18. The van der Waals surface area contributed by atoms with E-state index in [1.165, 1.54) is 0 Å². The summed E-state index contributed by atoms with van der Waals surface area (Å²) in [5.74, 6) is -1.11. The first-order chi connectivity index (χ1) is 9.66. The van der Waals surface area contributed by atoms with Crippen molar-refractivity contribution in [3.05, 3.63) is 0 Å². The van der Waals surface area contributed by atoms with Crippen molar-refractivity contribution >= 4 is 11.9 Å². The lowest BCUT2D eigenvalue weighted by molar-refractivity contribution is -0.144. The summed E-state index contributed by atoms with van der Waals surface area (Å²) in [6.07, 6.45) is 2.14. The van der Waals surface area contributed by atoms with Crippen molar-refractivity contribution in [2.24, 2.45) is 5.73 Å². The van der Waals surface area contributed by atoms with E-state index in [2.05, 4.69) is 10.6 Å². The Morgan fingerprint density at radius 1 is 1.00 bits per heavy atom. The molecule has 1 rings (SSSR count). The lowest BCUT2D eigenvalue weighted by Crippen LogP contribution is -2.39. The van der Waals surface area contributed by atoms with Gasteiger partial charge in [-0.25, -0.2) is 0 Å². The van der Waals surface area contributed by atoms with E-state index in [1.807, 2.05) is 0 Å². The van der Waals surface area contributed by atoms with Crippen LogP contribution in [0.25, 0.3) is 0 Å². The highest BCUT2D eigenvalue weighted by molar-refractivity contribution is 5.69. The number of unbranched alkanes of at least 4 members (excludes halogenated alkanes) is 1. The van der Waals surface area contributed by atoms with Crippen molar-refractivity contribution in [2.75, 3.05) is 39.3 Å². The maximum absolute atomic E-state index is 11.0. The molecule has 0 atom stereocenters. The van der Waals surface area contributed by atoms with Gasteiger partial charge in [-0.05, 0) is 25.8 Å². The van der Waals surface area contributed by atoms with Gasteiger partial charge in [0.2, 0.25) is 0 Å². The summed E-state index contributed by atoms with van der Waals surface area (Å²) < 4.78 is 4.82. The van der Waals surface area contributed by atoms with E-state index >= 15 is 0 Å². The van der Waals surface area contributed by atoms with E-state index in [9.17, 15) is 9.59 Å². The van der Waals surface area contributed by atoms with Gasteiger partial charge in [-0.2, -0.15) is 0 Å². The minimum atomic E-state index is -0.832. The van der Waals surface area contributed by atoms with E-state index in [1.54, 1.807) is 0 Å². The maximum atomic E-state index is 11.0. The van der Waals surface area contributed by atoms with Crippen molar-refractivity contribution < 1.29 is 19.4 Å². The third-order valence-corrected chi connectivity index (χ3v) is 2.59. The highest BCUT2D eigenvalue weighted by Crippen LogP contribution is 2.01. The fourth-order valence-corrected chi connectivity index (χ4v) is 1.49. The fraction of sp³-hybridized carbons (Fsp3) is 0.846. The van der Waals surface area contributed by atoms with Crippen LogP contribution in [0.1, 0.15) is 32.1 Å². The second-order valence-corrected chi connectivity index (χ2v) is 4.46. The predicted molar refractivity (Wildman–Crippen MR) is 76.5 cm³/mol. The van der Waals surface area contributed by atoms with Crippen molar-refractivity contribution in [3.63, 3.8) is 0 Å². The molecule has 5 N–H and O–H groups in total. The molecule has 0 aromatic heterocycles. The molecule has 7 heteroatoms. The third kappa shape index (κ3) is 14.9. The monoisotopic (exact) mass is 289 g/mol. The zero-order chi connectivity index (χ0) is 15.1. The van der Waals surface area contributed by atoms with Crippen LogP contribution in [0.5, 0.6) is 0 Å². The normalized spacial score (nSPS) is 14.1. The number of esters is 1. The van der Waals surface area contributed by atoms with Gasteiger partial charge < -0.3 is 26.2 Å². The van der Waals surface area contributed by atoms with E-state index in [0.29, 0.717) is 32.4 Å². The van der Waals surface area contributed by atoms with Crippen LogP contribution in [-0.2, 0) is 14.3 Å². The van der Waals surface area contributed by atoms with Crippen LogP contribution in [0.15, 0.2) is 0 Å². The van der Waals surface area contributed by atoms with Gasteiger partial charge in [-0.3, -0.25) is 9.59 Å². The van der Waals surface area contributed by atoms with Crippen molar-refractivity contribution in [2.45, 2.75) is 32.1 Å². The molecule has 0 amide bonds. The molecule has 1 aliphatic heterocycles. The molecule has 0 saturated carbocycles. The highest BCUT2D eigenvalue weighted by Gasteiger charge is 2.03. The smallest absolute Gasteiger partial charge is 0.305 e. The van der Waals surface area contributed by atoms with Gasteiger partial charge in [0, 0.05) is 39.0 Å². The third-order valence-electron chi connectivity index (χ3n) is 2.59. The number of carboxylic acids is 1. The number of ether oxygens (including phenoxy) is 1. The Bertz CT molecular complexity index is 246. The first-order valence-electron chi connectivity index (χ1n) is 7.15. The first-order valence-corrected chi connectivity index (χ1v) is 7.15. The molecule has 118 valence electrons. The molecule has 7 nitrogen and oxygen atoms in total. The quantitative estimate of drug-likeness (QED) is 0.358. The highest BCUT2D eigenvalue weighted by atomic mass is 16.5. The molecule has 0 radical (unpaired) electrons. The van der Waals surface area contributed by atoms with Gasteiger partial charge in [0.15, 0.2) is 0 Å². The fourth-order valence-electron chi connectivity index (χ4n) is 1.49. The lowest BCUT2D eigenvalue weighted by atomic mass is 10.2. The zero-order valence-electron chi connectivity index (χ0n) is 12.0. The van der Waals surface area contributed by atoms with E-state index in [4.69, 9.17) is 15.6 Å². The van der Waals surface area contributed by atoms with E-state index in [0.717, 1.165) is 26.2 Å². The second kappa shape index (κ2) is 14.2. The van der Waals surface area contributed by atoms with Crippen LogP contribution in [0.2, 0.25) is 0 Å². The number of nitrogens with two attached hydrogens (primary N) is 1. The minimum Gasteiger partial charge on any atom is -0.481 e. The molecular weight excluding hydrogens is 262 g/mol. The summed E-state index contributed by atoms with van der Waals surface area (Å²) in [5.41, 5.74) is 5.21. The van der Waals surface area contributed by atoms with Gasteiger partial charge in [0.1, 0.15) is 0 Å². The number of carbonyl (C=O) groups excluding carboxylic acids is 1. The van der Waals surface area contributed by atoms with Gasteiger partial charge in [0.05, 0.1) is 6.61 Å². The molecule has 1 aliphatic rings. The average Bonchev–Trinajstić information content (AvgIpc) is 2.46. The Kier molecular flexibility index (Phi) is 13.4. The number of hydrogen-bond donors (Lipinski definition) is 4.